The maximum Gasteiger partial charge on any atom is 0.409 e. The molecule has 3 rings (SSSR count). The van der Waals surface area contributed by atoms with E-state index in [-0.39, 0.29) is 6.09 Å². The number of aromatic nitrogens is 4. The summed E-state index contributed by atoms with van der Waals surface area (Å²) >= 11 is 5.99. The zero-order valence-corrected chi connectivity index (χ0v) is 14.9. The molecule has 0 spiro atoms. The molecule has 0 unspecified atom stereocenters. The summed E-state index contributed by atoms with van der Waals surface area (Å²) in [6.45, 7) is 6.06. The van der Waals surface area contributed by atoms with Gasteiger partial charge in [-0.3, -0.25) is 4.90 Å². The van der Waals surface area contributed by atoms with Crippen molar-refractivity contribution < 1.29 is 9.53 Å². The number of nitrogens with zero attached hydrogens (tertiary/aromatic N) is 6. The van der Waals surface area contributed by atoms with E-state index >= 15 is 0 Å². The molecule has 0 radical (unpaired) electrons. The van der Waals surface area contributed by atoms with Crippen molar-refractivity contribution in [3.63, 3.8) is 0 Å². The number of hydrogen-bond donors (Lipinski definition) is 0. The molecule has 1 aliphatic rings. The van der Waals surface area contributed by atoms with Gasteiger partial charge >= 0.3 is 6.09 Å². The van der Waals surface area contributed by atoms with Crippen molar-refractivity contribution in [2.24, 2.45) is 0 Å². The molecule has 9 heteroatoms. The molecule has 0 saturated carbocycles. The minimum Gasteiger partial charge on any atom is -0.450 e. The van der Waals surface area contributed by atoms with Crippen molar-refractivity contribution >= 4 is 17.7 Å². The predicted octanol–water partition coefficient (Wildman–Crippen LogP) is 1.63. The van der Waals surface area contributed by atoms with Crippen LogP contribution in [0.1, 0.15) is 12.7 Å². The van der Waals surface area contributed by atoms with Crippen molar-refractivity contribution in [2.75, 3.05) is 39.3 Å². The summed E-state index contributed by atoms with van der Waals surface area (Å²) in [4.78, 5) is 17.2. The average molecular weight is 365 g/mol. The molecule has 2 aromatic rings. The SMILES string of the molecule is CCOC(=O)N1CCN(CCc2nnn(-c3cccc(Cl)c3)n2)CC1. The Hall–Kier alpha value is -2.19. The largest absolute Gasteiger partial charge is 0.450 e. The highest BCUT2D eigenvalue weighted by Crippen LogP contribution is 2.13. The van der Waals surface area contributed by atoms with E-state index < -0.39 is 0 Å². The first kappa shape index (κ1) is 17.6. The lowest BCUT2D eigenvalue weighted by molar-refractivity contribution is 0.0798. The summed E-state index contributed by atoms with van der Waals surface area (Å²) < 4.78 is 5.03. The van der Waals surface area contributed by atoms with Gasteiger partial charge in [0, 0.05) is 44.2 Å². The lowest BCUT2D eigenvalue weighted by Gasteiger charge is -2.33. The van der Waals surface area contributed by atoms with Crippen molar-refractivity contribution in [3.8, 4) is 5.69 Å². The van der Waals surface area contributed by atoms with E-state index in [1.54, 1.807) is 17.0 Å². The van der Waals surface area contributed by atoms with Crippen LogP contribution in [-0.2, 0) is 11.2 Å². The molecular weight excluding hydrogens is 344 g/mol. The van der Waals surface area contributed by atoms with E-state index in [1.807, 2.05) is 19.1 Å². The molecule has 1 aromatic carbocycles. The second kappa shape index (κ2) is 8.26. The maximum atomic E-state index is 11.7. The maximum absolute atomic E-state index is 11.7. The summed E-state index contributed by atoms with van der Waals surface area (Å²) in [5.74, 6) is 0.688. The molecule has 8 nitrogen and oxygen atoms in total. The van der Waals surface area contributed by atoms with Gasteiger partial charge < -0.3 is 9.64 Å². The average Bonchev–Trinajstić information content (AvgIpc) is 3.10. The molecule has 1 fully saturated rings. The van der Waals surface area contributed by atoms with Crippen LogP contribution in [0.25, 0.3) is 5.69 Å². The molecule has 2 heterocycles. The van der Waals surface area contributed by atoms with Crippen LogP contribution in [0.5, 0.6) is 0 Å². The van der Waals surface area contributed by atoms with E-state index in [9.17, 15) is 4.79 Å². The predicted molar refractivity (Wildman–Crippen MR) is 92.9 cm³/mol. The highest BCUT2D eigenvalue weighted by atomic mass is 35.5. The standard InChI is InChI=1S/C16H21ClN6O2/c1-2-25-16(24)22-10-8-21(9-11-22)7-6-15-18-20-23(19-15)14-5-3-4-13(17)12-14/h3-5,12H,2,6-11H2,1H3. The van der Waals surface area contributed by atoms with Crippen molar-refractivity contribution in [1.82, 2.24) is 30.0 Å². The van der Waals surface area contributed by atoms with Crippen LogP contribution in [0.3, 0.4) is 0 Å². The fraction of sp³-hybridized carbons (Fsp3) is 0.500. The highest BCUT2D eigenvalue weighted by molar-refractivity contribution is 6.30. The highest BCUT2D eigenvalue weighted by Gasteiger charge is 2.21. The van der Waals surface area contributed by atoms with E-state index in [0.29, 0.717) is 37.0 Å². The van der Waals surface area contributed by atoms with Gasteiger partial charge in [-0.2, -0.15) is 0 Å². The van der Waals surface area contributed by atoms with Crippen molar-refractivity contribution in [1.29, 1.82) is 0 Å². The molecule has 1 aromatic heterocycles. The Bertz CT molecular complexity index is 714. The monoisotopic (exact) mass is 364 g/mol. The summed E-state index contributed by atoms with van der Waals surface area (Å²) in [7, 11) is 0. The summed E-state index contributed by atoms with van der Waals surface area (Å²) in [5.41, 5.74) is 0.786. The summed E-state index contributed by atoms with van der Waals surface area (Å²) in [6, 6.07) is 7.33. The smallest absolute Gasteiger partial charge is 0.409 e. The van der Waals surface area contributed by atoms with Crippen LogP contribution in [0.15, 0.2) is 24.3 Å². The zero-order valence-electron chi connectivity index (χ0n) is 14.1. The third kappa shape index (κ3) is 4.67. The third-order valence-electron chi connectivity index (χ3n) is 4.04. The van der Waals surface area contributed by atoms with E-state index in [1.165, 1.54) is 4.80 Å². The van der Waals surface area contributed by atoms with E-state index in [4.69, 9.17) is 16.3 Å². The van der Waals surface area contributed by atoms with Crippen LogP contribution in [-0.4, -0.2) is 75.4 Å². The van der Waals surface area contributed by atoms with Crippen molar-refractivity contribution in [3.05, 3.63) is 35.1 Å². The molecule has 1 saturated heterocycles. The topological polar surface area (TPSA) is 76.4 Å². The Morgan fingerprint density at radius 3 is 2.80 bits per heavy atom. The Balaban J connectivity index is 1.48. The first-order valence-electron chi connectivity index (χ1n) is 8.34. The molecular formula is C16H21ClN6O2. The first-order chi connectivity index (χ1) is 12.2. The number of ether oxygens (including phenoxy) is 1. The van der Waals surface area contributed by atoms with Gasteiger partial charge in [-0.25, -0.2) is 4.79 Å². The summed E-state index contributed by atoms with van der Waals surface area (Å²) in [5, 5.41) is 13.2. The number of tetrazole rings is 1. The summed E-state index contributed by atoms with van der Waals surface area (Å²) in [6.07, 6.45) is 0.480. The molecule has 0 atom stereocenters. The third-order valence-corrected chi connectivity index (χ3v) is 4.28. The minimum atomic E-state index is -0.228. The van der Waals surface area contributed by atoms with Gasteiger partial charge in [0.1, 0.15) is 0 Å². The number of amides is 1. The Morgan fingerprint density at radius 2 is 2.08 bits per heavy atom. The van der Waals surface area contributed by atoms with Gasteiger partial charge in [0.25, 0.3) is 0 Å². The molecule has 1 aliphatic heterocycles. The zero-order chi connectivity index (χ0) is 17.6. The minimum absolute atomic E-state index is 0.228. The molecule has 25 heavy (non-hydrogen) atoms. The van der Waals surface area contributed by atoms with Gasteiger partial charge in [0.2, 0.25) is 0 Å². The fourth-order valence-electron chi connectivity index (χ4n) is 2.68. The molecule has 134 valence electrons. The number of piperazine rings is 1. The van der Waals surface area contributed by atoms with Crippen LogP contribution < -0.4 is 0 Å². The lowest BCUT2D eigenvalue weighted by atomic mass is 10.3. The van der Waals surface area contributed by atoms with Crippen LogP contribution in [0.4, 0.5) is 4.79 Å². The van der Waals surface area contributed by atoms with Crippen LogP contribution in [0.2, 0.25) is 5.02 Å². The second-order valence-electron chi connectivity index (χ2n) is 5.75. The van der Waals surface area contributed by atoms with Crippen LogP contribution in [0, 0.1) is 0 Å². The second-order valence-corrected chi connectivity index (χ2v) is 6.19. The van der Waals surface area contributed by atoms with Crippen molar-refractivity contribution in [2.45, 2.75) is 13.3 Å². The Morgan fingerprint density at radius 1 is 1.28 bits per heavy atom. The fourth-order valence-corrected chi connectivity index (χ4v) is 2.86. The van der Waals surface area contributed by atoms with E-state index in [0.717, 1.165) is 25.3 Å². The quantitative estimate of drug-likeness (QED) is 0.802. The van der Waals surface area contributed by atoms with Crippen LogP contribution >= 0.6 is 11.6 Å². The van der Waals surface area contributed by atoms with Gasteiger partial charge in [0.05, 0.1) is 12.3 Å². The number of carbonyl (C=O) groups is 1. The van der Waals surface area contributed by atoms with Gasteiger partial charge in [-0.1, -0.05) is 17.7 Å². The number of carbonyl (C=O) groups excluding carboxylic acids is 1. The Labute approximate surface area is 151 Å². The molecule has 0 aliphatic carbocycles. The lowest BCUT2D eigenvalue weighted by Crippen LogP contribution is -2.49. The molecule has 0 bridgehead atoms. The molecule has 1 amide bonds. The number of halogens is 1. The first-order valence-corrected chi connectivity index (χ1v) is 8.72. The normalized spacial score (nSPS) is 15.4. The number of hydrogen-bond acceptors (Lipinski definition) is 6. The Kier molecular flexibility index (Phi) is 5.83. The van der Waals surface area contributed by atoms with E-state index in [2.05, 4.69) is 20.3 Å². The van der Waals surface area contributed by atoms with Gasteiger partial charge in [-0.15, -0.1) is 15.0 Å². The van der Waals surface area contributed by atoms with Gasteiger partial charge in [-0.05, 0) is 30.3 Å². The van der Waals surface area contributed by atoms with Gasteiger partial charge in [0.15, 0.2) is 5.82 Å². The molecule has 0 N–H and O–H groups in total. The number of rotatable bonds is 5. The number of benzene rings is 1.